The molecule has 11 nitrogen and oxygen atoms in total. The maximum absolute atomic E-state index is 13.3. The molecule has 11 heteroatoms. The Labute approximate surface area is 226 Å². The molecule has 3 aliphatic rings. The van der Waals surface area contributed by atoms with Crippen LogP contribution in [0.3, 0.4) is 0 Å². The summed E-state index contributed by atoms with van der Waals surface area (Å²) in [6.07, 6.45) is 8.42. The normalized spacial score (nSPS) is 20.1. The van der Waals surface area contributed by atoms with E-state index in [1.807, 2.05) is 12.1 Å². The van der Waals surface area contributed by atoms with Crippen LogP contribution in [0.4, 0.5) is 0 Å². The number of amides is 2. The summed E-state index contributed by atoms with van der Waals surface area (Å²) in [7, 11) is 1.61. The summed E-state index contributed by atoms with van der Waals surface area (Å²) in [5.74, 6) is 2.26. The molecule has 0 unspecified atom stereocenters. The van der Waals surface area contributed by atoms with Gasteiger partial charge in [0.2, 0.25) is 12.7 Å². The van der Waals surface area contributed by atoms with E-state index >= 15 is 0 Å². The van der Waals surface area contributed by atoms with Crippen molar-refractivity contribution in [2.45, 2.75) is 44.6 Å². The van der Waals surface area contributed by atoms with E-state index in [0.29, 0.717) is 70.8 Å². The highest BCUT2D eigenvalue weighted by Gasteiger charge is 2.30. The van der Waals surface area contributed by atoms with E-state index in [9.17, 15) is 9.59 Å². The van der Waals surface area contributed by atoms with Crippen molar-refractivity contribution in [2.24, 2.45) is 11.8 Å². The summed E-state index contributed by atoms with van der Waals surface area (Å²) < 4.78 is 22.6. The lowest BCUT2D eigenvalue weighted by Crippen LogP contribution is -2.41. The van der Waals surface area contributed by atoms with Crippen molar-refractivity contribution in [3.05, 3.63) is 30.2 Å². The number of carbonyl (C=O) groups excluding carboxylic acids is 2. The van der Waals surface area contributed by atoms with Crippen molar-refractivity contribution in [1.82, 2.24) is 25.6 Å². The van der Waals surface area contributed by atoms with Gasteiger partial charge < -0.3 is 34.6 Å². The molecule has 1 aromatic carbocycles. The number of nitrogens with zero attached hydrogens (tertiary/aromatic N) is 2. The molecule has 3 aromatic rings. The Morgan fingerprint density at radius 3 is 2.74 bits per heavy atom. The van der Waals surface area contributed by atoms with E-state index < -0.39 is 0 Å². The molecule has 3 N–H and O–H groups in total. The third-order valence-electron chi connectivity index (χ3n) is 7.66. The van der Waals surface area contributed by atoms with Crippen LogP contribution in [-0.2, 0) is 9.53 Å². The maximum atomic E-state index is 13.3. The Morgan fingerprint density at radius 2 is 1.95 bits per heavy atom. The lowest BCUT2D eigenvalue weighted by atomic mass is 9.85. The summed E-state index contributed by atoms with van der Waals surface area (Å²) in [5.41, 5.74) is 2.87. The van der Waals surface area contributed by atoms with Crippen molar-refractivity contribution in [2.75, 3.05) is 33.7 Å². The number of H-pyrrole nitrogens is 1. The molecule has 2 aliphatic carbocycles. The van der Waals surface area contributed by atoms with Crippen LogP contribution in [0.5, 0.6) is 17.2 Å². The first kappa shape index (κ1) is 25.4. The number of aromatic nitrogens is 3. The van der Waals surface area contributed by atoms with Crippen LogP contribution in [0.2, 0.25) is 0 Å². The lowest BCUT2D eigenvalue weighted by Gasteiger charge is -2.28. The van der Waals surface area contributed by atoms with Crippen molar-refractivity contribution >= 4 is 22.8 Å². The number of hydrogen-bond acceptors (Lipinski definition) is 8. The minimum absolute atomic E-state index is 0.00264. The number of aromatic amines is 1. The molecular weight excluding hydrogens is 502 g/mol. The quantitative estimate of drug-likeness (QED) is 0.337. The first-order valence-electron chi connectivity index (χ1n) is 13.6. The number of nitrogens with one attached hydrogen (secondary N) is 3. The number of carbonyl (C=O) groups is 2. The van der Waals surface area contributed by atoms with Gasteiger partial charge in [0, 0.05) is 31.8 Å². The molecule has 2 saturated carbocycles. The first-order valence-corrected chi connectivity index (χ1v) is 13.6. The average molecular weight is 536 g/mol. The summed E-state index contributed by atoms with van der Waals surface area (Å²) >= 11 is 0. The average Bonchev–Trinajstić information content (AvgIpc) is 3.47. The Kier molecular flexibility index (Phi) is 7.23. The van der Waals surface area contributed by atoms with Crippen LogP contribution in [-0.4, -0.2) is 66.5 Å². The lowest BCUT2D eigenvalue weighted by molar-refractivity contribution is -0.126. The summed E-state index contributed by atoms with van der Waals surface area (Å²) in [6, 6.07) is 3.72. The second kappa shape index (κ2) is 11.1. The van der Waals surface area contributed by atoms with E-state index in [-0.39, 0.29) is 30.6 Å². The van der Waals surface area contributed by atoms with Crippen LogP contribution in [0.25, 0.3) is 22.3 Å². The van der Waals surface area contributed by atoms with E-state index in [1.165, 1.54) is 19.2 Å². The van der Waals surface area contributed by atoms with Gasteiger partial charge in [0.15, 0.2) is 11.5 Å². The van der Waals surface area contributed by atoms with E-state index in [4.69, 9.17) is 18.9 Å². The summed E-state index contributed by atoms with van der Waals surface area (Å²) in [6.45, 7) is 1.76. The van der Waals surface area contributed by atoms with E-state index in [2.05, 4.69) is 25.6 Å². The first-order chi connectivity index (χ1) is 19.1. The fraction of sp³-hybridized carbons (Fsp3) is 0.500. The van der Waals surface area contributed by atoms with Gasteiger partial charge >= 0.3 is 0 Å². The molecule has 2 fully saturated rings. The molecule has 39 heavy (non-hydrogen) atoms. The predicted molar refractivity (Wildman–Crippen MR) is 142 cm³/mol. The Morgan fingerprint density at radius 1 is 1.10 bits per heavy atom. The van der Waals surface area contributed by atoms with E-state index in [1.54, 1.807) is 13.3 Å². The van der Waals surface area contributed by atoms with Gasteiger partial charge in [-0.3, -0.25) is 9.59 Å². The predicted octanol–water partition coefficient (Wildman–Crippen LogP) is 3.19. The van der Waals surface area contributed by atoms with Crippen molar-refractivity contribution < 1.29 is 28.5 Å². The molecule has 6 rings (SSSR count). The highest BCUT2D eigenvalue weighted by atomic mass is 16.7. The van der Waals surface area contributed by atoms with Crippen molar-refractivity contribution in [3.8, 4) is 28.5 Å². The Hall–Kier alpha value is -3.86. The second-order valence-electron chi connectivity index (χ2n) is 10.4. The largest absolute Gasteiger partial charge is 0.492 e. The van der Waals surface area contributed by atoms with Gasteiger partial charge in [0.05, 0.1) is 29.9 Å². The van der Waals surface area contributed by atoms with Crippen molar-refractivity contribution in [1.29, 1.82) is 0 Å². The standard InChI is InChI=1S/C28H33N5O6/c1-36-11-10-29-27(34)17-4-6-18(7-5-17)33-28(35)19-12-30-25-23(19)31-14-32-24(25)22-20(37-13-16-2-3-16)8-9-21-26(22)39-15-38-21/h8-9,12,14,16-18,30H,2-7,10-11,13,15H2,1H3,(H,29,34)(H,33,35)/t17-,18-. The minimum Gasteiger partial charge on any atom is -0.492 e. The molecule has 0 bridgehead atoms. The third-order valence-corrected chi connectivity index (χ3v) is 7.66. The number of fused-ring (bicyclic) bond motifs is 2. The van der Waals surface area contributed by atoms with Crippen LogP contribution in [0, 0.1) is 11.8 Å². The zero-order chi connectivity index (χ0) is 26.8. The summed E-state index contributed by atoms with van der Waals surface area (Å²) in [5, 5.41) is 6.05. The van der Waals surface area contributed by atoms with Crippen LogP contribution >= 0.6 is 0 Å². The van der Waals surface area contributed by atoms with Gasteiger partial charge in [-0.1, -0.05) is 0 Å². The molecule has 0 spiro atoms. The molecule has 0 saturated heterocycles. The molecule has 3 heterocycles. The maximum Gasteiger partial charge on any atom is 0.255 e. The smallest absolute Gasteiger partial charge is 0.255 e. The molecule has 2 amide bonds. The zero-order valence-corrected chi connectivity index (χ0v) is 22.0. The van der Waals surface area contributed by atoms with Gasteiger partial charge in [-0.25, -0.2) is 9.97 Å². The second-order valence-corrected chi connectivity index (χ2v) is 10.4. The number of ether oxygens (including phenoxy) is 4. The highest BCUT2D eigenvalue weighted by Crippen LogP contribution is 2.48. The van der Waals surface area contributed by atoms with Gasteiger partial charge in [-0.15, -0.1) is 0 Å². The zero-order valence-electron chi connectivity index (χ0n) is 22.0. The van der Waals surface area contributed by atoms with Crippen LogP contribution < -0.4 is 24.8 Å². The summed E-state index contributed by atoms with van der Waals surface area (Å²) in [4.78, 5) is 37.9. The molecule has 1 aliphatic heterocycles. The van der Waals surface area contributed by atoms with Gasteiger partial charge in [0.25, 0.3) is 5.91 Å². The number of methoxy groups -OCH3 is 1. The fourth-order valence-corrected chi connectivity index (χ4v) is 5.28. The minimum atomic E-state index is -0.207. The number of rotatable bonds is 10. The van der Waals surface area contributed by atoms with Crippen LogP contribution in [0.1, 0.15) is 48.9 Å². The molecule has 0 atom stereocenters. The number of hydrogen-bond donors (Lipinski definition) is 3. The fourth-order valence-electron chi connectivity index (χ4n) is 5.28. The molecule has 2 aromatic heterocycles. The van der Waals surface area contributed by atoms with Gasteiger partial charge in [0.1, 0.15) is 23.3 Å². The van der Waals surface area contributed by atoms with Crippen molar-refractivity contribution in [3.63, 3.8) is 0 Å². The molecule has 206 valence electrons. The molecule has 0 radical (unpaired) electrons. The van der Waals surface area contributed by atoms with Gasteiger partial charge in [-0.05, 0) is 56.6 Å². The molecular formula is C28H33N5O6. The third kappa shape index (κ3) is 5.36. The Bertz CT molecular complexity index is 1360. The van der Waals surface area contributed by atoms with E-state index in [0.717, 1.165) is 25.7 Å². The SMILES string of the molecule is COCCNC(=O)[C@H]1CC[C@H](NC(=O)c2c[nH]c3c(-c4c(OCC5CC5)ccc5c4OCO5)ncnc23)CC1. The topological polar surface area (TPSA) is 137 Å². The Balaban J connectivity index is 1.19. The monoisotopic (exact) mass is 535 g/mol. The van der Waals surface area contributed by atoms with Gasteiger partial charge in [-0.2, -0.15) is 0 Å². The van der Waals surface area contributed by atoms with Crippen LogP contribution in [0.15, 0.2) is 24.7 Å². The highest BCUT2D eigenvalue weighted by molar-refractivity contribution is 6.08. The number of benzene rings is 1.